The molecule has 2 heterocycles. The summed E-state index contributed by atoms with van der Waals surface area (Å²) < 4.78 is 5.20. The summed E-state index contributed by atoms with van der Waals surface area (Å²) in [5, 5.41) is 7.65. The maximum absolute atomic E-state index is 13.3. The van der Waals surface area contributed by atoms with Gasteiger partial charge in [0.25, 0.3) is 17.7 Å². The number of carbonyl (C=O) groups is 4. The van der Waals surface area contributed by atoms with Crippen LogP contribution in [0.5, 0.6) is 0 Å². The lowest BCUT2D eigenvalue weighted by Gasteiger charge is -2.18. The molecule has 0 unspecified atom stereocenters. The van der Waals surface area contributed by atoms with Crippen LogP contribution in [-0.2, 0) is 14.3 Å². The van der Waals surface area contributed by atoms with Crippen molar-refractivity contribution >= 4 is 63.1 Å². The molecule has 0 atom stereocenters. The van der Waals surface area contributed by atoms with Crippen LogP contribution in [0.25, 0.3) is 11.3 Å². The number of esters is 1. The number of aromatic nitrogens is 1. The van der Waals surface area contributed by atoms with Gasteiger partial charge in [-0.3, -0.25) is 19.7 Å². The van der Waals surface area contributed by atoms with Crippen molar-refractivity contribution in [2.75, 3.05) is 22.1 Å². The summed E-state index contributed by atoms with van der Waals surface area (Å²) in [6.45, 7) is 2.06. The normalized spacial score (nSPS) is 13.0. The second kappa shape index (κ2) is 12.2. The minimum absolute atomic E-state index is 0.0693. The molecule has 1 aromatic heterocycles. The van der Waals surface area contributed by atoms with Gasteiger partial charge in [0, 0.05) is 22.2 Å². The van der Waals surface area contributed by atoms with Gasteiger partial charge in [0.2, 0.25) is 0 Å². The Morgan fingerprint density at radius 2 is 1.66 bits per heavy atom. The monoisotopic (exact) mass is 586 g/mol. The Kier molecular flexibility index (Phi) is 8.23. The maximum Gasteiger partial charge on any atom is 0.340 e. The summed E-state index contributed by atoms with van der Waals surface area (Å²) in [5.41, 5.74) is 2.49. The molecule has 0 fully saturated rings. The van der Waals surface area contributed by atoms with E-state index in [2.05, 4.69) is 15.6 Å². The van der Waals surface area contributed by atoms with Crippen molar-refractivity contribution in [3.8, 4) is 11.3 Å². The molecule has 1 aliphatic rings. The number of ether oxygens (including phenoxy) is 1. The molecule has 11 heteroatoms. The average Bonchev–Trinajstić information content (AvgIpc) is 3.55. The second-order valence-corrected chi connectivity index (χ2v) is 10.1. The fourth-order valence-corrected chi connectivity index (χ4v) is 4.96. The molecule has 3 amide bonds. The molecule has 2 N–H and O–H groups in total. The van der Waals surface area contributed by atoms with Crippen molar-refractivity contribution in [2.24, 2.45) is 0 Å². The van der Waals surface area contributed by atoms with Crippen LogP contribution < -0.4 is 15.5 Å². The zero-order valence-corrected chi connectivity index (χ0v) is 23.3. The average molecular weight is 587 g/mol. The highest BCUT2D eigenvalue weighted by atomic mass is 35.5. The minimum Gasteiger partial charge on any atom is -0.462 e. The summed E-state index contributed by atoms with van der Waals surface area (Å²) in [4.78, 5) is 56.9. The standard InChI is InChI=1S/C30H23ClN4O5S/c1-2-16-40-29(39)21-10-6-7-11-23(21)35-27(37)24(31)25(28(35)38)32-20-14-12-19(13-15-20)26(36)34-30-33-22(17-41-30)18-8-4-3-5-9-18/h3-15,17,32H,2,16H2,1H3,(H,33,34,36). The van der Waals surface area contributed by atoms with E-state index in [9.17, 15) is 19.2 Å². The first kappa shape index (κ1) is 27.8. The Morgan fingerprint density at radius 1 is 0.951 bits per heavy atom. The van der Waals surface area contributed by atoms with Gasteiger partial charge in [0.1, 0.15) is 10.7 Å². The zero-order chi connectivity index (χ0) is 28.9. The van der Waals surface area contributed by atoms with Crippen molar-refractivity contribution in [3.05, 3.63) is 106 Å². The summed E-state index contributed by atoms with van der Waals surface area (Å²) >= 11 is 7.59. The molecule has 0 bridgehead atoms. The van der Waals surface area contributed by atoms with Crippen LogP contribution in [0, 0.1) is 0 Å². The van der Waals surface area contributed by atoms with E-state index >= 15 is 0 Å². The largest absolute Gasteiger partial charge is 0.462 e. The highest BCUT2D eigenvalue weighted by Crippen LogP contribution is 2.33. The first-order chi connectivity index (χ1) is 19.9. The number of nitrogens with zero attached hydrogens (tertiary/aromatic N) is 2. The van der Waals surface area contributed by atoms with Crippen molar-refractivity contribution < 1.29 is 23.9 Å². The first-order valence-corrected chi connectivity index (χ1v) is 13.9. The third kappa shape index (κ3) is 5.88. The van der Waals surface area contributed by atoms with E-state index in [-0.39, 0.29) is 34.5 Å². The molecule has 9 nitrogen and oxygen atoms in total. The van der Waals surface area contributed by atoms with Crippen LogP contribution in [0.3, 0.4) is 0 Å². The minimum atomic E-state index is -0.774. The van der Waals surface area contributed by atoms with Crippen molar-refractivity contribution in [2.45, 2.75) is 13.3 Å². The van der Waals surface area contributed by atoms with E-state index in [1.54, 1.807) is 36.4 Å². The van der Waals surface area contributed by atoms with Gasteiger partial charge < -0.3 is 10.1 Å². The van der Waals surface area contributed by atoms with E-state index in [1.165, 1.54) is 23.5 Å². The number of carbonyl (C=O) groups excluding carboxylic acids is 4. The fraction of sp³-hybridized carbons (Fsp3) is 0.100. The number of anilines is 3. The van der Waals surface area contributed by atoms with Crippen molar-refractivity contribution in [1.29, 1.82) is 0 Å². The van der Waals surface area contributed by atoms with Gasteiger partial charge in [0.05, 0.1) is 23.6 Å². The number of hydrogen-bond acceptors (Lipinski definition) is 8. The predicted molar refractivity (Wildman–Crippen MR) is 158 cm³/mol. The van der Waals surface area contributed by atoms with Crippen LogP contribution >= 0.6 is 22.9 Å². The molecule has 0 aliphatic carbocycles. The van der Waals surface area contributed by atoms with Gasteiger partial charge in [-0.2, -0.15) is 0 Å². The van der Waals surface area contributed by atoms with Crippen molar-refractivity contribution in [1.82, 2.24) is 4.98 Å². The third-order valence-electron chi connectivity index (χ3n) is 6.04. The molecule has 0 saturated heterocycles. The fourth-order valence-electron chi connectivity index (χ4n) is 4.04. The Balaban J connectivity index is 1.27. The Bertz CT molecular complexity index is 1670. The smallest absolute Gasteiger partial charge is 0.340 e. The molecule has 3 aromatic carbocycles. The third-order valence-corrected chi connectivity index (χ3v) is 7.15. The van der Waals surface area contributed by atoms with Crippen LogP contribution in [-0.4, -0.2) is 35.3 Å². The Morgan fingerprint density at radius 3 is 2.39 bits per heavy atom. The lowest BCUT2D eigenvalue weighted by atomic mass is 10.1. The van der Waals surface area contributed by atoms with E-state index in [0.29, 0.717) is 22.8 Å². The summed E-state index contributed by atoms with van der Waals surface area (Å²) in [6, 6.07) is 22.1. The predicted octanol–water partition coefficient (Wildman–Crippen LogP) is 6.06. The number of rotatable bonds is 9. The number of amides is 3. The number of hydrogen-bond donors (Lipinski definition) is 2. The van der Waals surface area contributed by atoms with Gasteiger partial charge >= 0.3 is 5.97 Å². The molecular formula is C30H23ClN4O5S. The van der Waals surface area contributed by atoms with Crippen LogP contribution in [0.15, 0.2) is 95.0 Å². The van der Waals surface area contributed by atoms with Gasteiger partial charge in [-0.05, 0) is 42.8 Å². The maximum atomic E-state index is 13.3. The number of nitrogens with one attached hydrogen (secondary N) is 2. The Hall–Kier alpha value is -4.80. The van der Waals surface area contributed by atoms with E-state index in [0.717, 1.165) is 16.2 Å². The van der Waals surface area contributed by atoms with Gasteiger partial charge in [-0.1, -0.05) is 61.0 Å². The number of para-hydroxylation sites is 1. The highest BCUT2D eigenvalue weighted by Gasteiger charge is 2.40. The van der Waals surface area contributed by atoms with Gasteiger partial charge in [0.15, 0.2) is 5.13 Å². The number of thiazole rings is 1. The quantitative estimate of drug-likeness (QED) is 0.181. The summed E-state index contributed by atoms with van der Waals surface area (Å²) in [5.74, 6) is -2.50. The molecule has 0 spiro atoms. The molecule has 0 radical (unpaired) electrons. The topological polar surface area (TPSA) is 118 Å². The number of imide groups is 1. The summed E-state index contributed by atoms with van der Waals surface area (Å²) in [7, 11) is 0. The molecule has 4 aromatic rings. The SMILES string of the molecule is CCCOC(=O)c1ccccc1N1C(=O)C(Cl)=C(Nc2ccc(C(=O)Nc3nc(-c4ccccc4)cs3)cc2)C1=O. The lowest BCUT2D eigenvalue weighted by Crippen LogP contribution is -2.33. The molecule has 206 valence electrons. The second-order valence-electron chi connectivity index (χ2n) is 8.85. The van der Waals surface area contributed by atoms with E-state index in [1.807, 2.05) is 42.6 Å². The molecule has 0 saturated carbocycles. The van der Waals surface area contributed by atoms with Gasteiger partial charge in [-0.15, -0.1) is 11.3 Å². The van der Waals surface area contributed by atoms with E-state index in [4.69, 9.17) is 16.3 Å². The molecule has 5 rings (SSSR count). The van der Waals surface area contributed by atoms with Gasteiger partial charge in [-0.25, -0.2) is 14.7 Å². The van der Waals surface area contributed by atoms with Crippen LogP contribution in [0.2, 0.25) is 0 Å². The van der Waals surface area contributed by atoms with Crippen LogP contribution in [0.4, 0.5) is 16.5 Å². The molecular weight excluding hydrogens is 564 g/mol. The van der Waals surface area contributed by atoms with E-state index < -0.39 is 17.8 Å². The highest BCUT2D eigenvalue weighted by molar-refractivity contribution is 7.14. The van der Waals surface area contributed by atoms with Crippen molar-refractivity contribution in [3.63, 3.8) is 0 Å². The van der Waals surface area contributed by atoms with Crippen LogP contribution in [0.1, 0.15) is 34.1 Å². The number of benzene rings is 3. The lowest BCUT2D eigenvalue weighted by molar-refractivity contribution is -0.120. The zero-order valence-electron chi connectivity index (χ0n) is 21.7. The summed E-state index contributed by atoms with van der Waals surface area (Å²) in [6.07, 6.45) is 0.623. The molecule has 1 aliphatic heterocycles. The Labute approximate surface area is 244 Å². The molecule has 41 heavy (non-hydrogen) atoms. The number of halogens is 1. The first-order valence-electron chi connectivity index (χ1n) is 12.6.